The molecule has 0 saturated heterocycles. The van der Waals surface area contributed by atoms with E-state index in [2.05, 4.69) is 11.1 Å². The van der Waals surface area contributed by atoms with Crippen molar-refractivity contribution in [2.24, 2.45) is 0 Å². The SMILES string of the molecule is COc1cccc(C(=O)Oc2c[c]c(Cl)cn2)c1. The summed E-state index contributed by atoms with van der Waals surface area (Å²) in [7, 11) is 1.53. The zero-order valence-electron chi connectivity index (χ0n) is 9.51. The van der Waals surface area contributed by atoms with Gasteiger partial charge in [0.15, 0.2) is 0 Å². The number of methoxy groups -OCH3 is 1. The van der Waals surface area contributed by atoms with Gasteiger partial charge in [-0.1, -0.05) is 17.7 Å². The number of ether oxygens (including phenoxy) is 2. The Bertz CT molecular complexity index is 554. The van der Waals surface area contributed by atoms with E-state index in [1.807, 2.05) is 0 Å². The Kier molecular flexibility index (Phi) is 3.79. The van der Waals surface area contributed by atoms with Crippen LogP contribution in [-0.2, 0) is 0 Å². The van der Waals surface area contributed by atoms with Gasteiger partial charge in [-0.3, -0.25) is 0 Å². The molecule has 2 rings (SSSR count). The molecule has 91 valence electrons. The Hall–Kier alpha value is -2.07. The van der Waals surface area contributed by atoms with Crippen molar-refractivity contribution in [3.8, 4) is 11.6 Å². The second-order valence-electron chi connectivity index (χ2n) is 3.35. The van der Waals surface area contributed by atoms with Gasteiger partial charge in [-0.25, -0.2) is 9.78 Å². The fraction of sp³-hybridized carbons (Fsp3) is 0.0769. The number of carbonyl (C=O) groups excluding carboxylic acids is 1. The fourth-order valence-corrected chi connectivity index (χ4v) is 1.39. The van der Waals surface area contributed by atoms with Gasteiger partial charge in [-0.15, -0.1) is 0 Å². The Morgan fingerprint density at radius 1 is 1.44 bits per heavy atom. The van der Waals surface area contributed by atoms with Crippen LogP contribution in [0.15, 0.2) is 36.5 Å². The first kappa shape index (κ1) is 12.4. The lowest BCUT2D eigenvalue weighted by Gasteiger charge is -2.04. The number of esters is 1. The topological polar surface area (TPSA) is 48.4 Å². The van der Waals surface area contributed by atoms with Crippen molar-refractivity contribution in [2.75, 3.05) is 7.11 Å². The van der Waals surface area contributed by atoms with Crippen molar-refractivity contribution in [1.82, 2.24) is 4.98 Å². The molecule has 18 heavy (non-hydrogen) atoms. The van der Waals surface area contributed by atoms with Gasteiger partial charge in [-0.2, -0.15) is 0 Å². The average molecular weight is 263 g/mol. The number of rotatable bonds is 3. The average Bonchev–Trinajstić information content (AvgIpc) is 2.41. The van der Waals surface area contributed by atoms with Crippen LogP contribution in [0.3, 0.4) is 0 Å². The number of pyridine rings is 1. The first-order valence-electron chi connectivity index (χ1n) is 5.08. The summed E-state index contributed by atoms with van der Waals surface area (Å²) < 4.78 is 10.1. The quantitative estimate of drug-likeness (QED) is 0.798. The monoisotopic (exact) mass is 262 g/mol. The summed E-state index contributed by atoms with van der Waals surface area (Å²) >= 11 is 5.63. The standard InChI is InChI=1S/C13H9ClNO3/c1-17-11-4-2-3-9(7-11)13(16)18-12-6-5-10(14)8-15-12/h2-4,6-8H,1H3. The van der Waals surface area contributed by atoms with Gasteiger partial charge >= 0.3 is 5.97 Å². The van der Waals surface area contributed by atoms with E-state index < -0.39 is 5.97 Å². The lowest BCUT2D eigenvalue weighted by Crippen LogP contribution is -2.09. The summed E-state index contributed by atoms with van der Waals surface area (Å²) in [5.41, 5.74) is 0.381. The maximum absolute atomic E-state index is 11.8. The predicted molar refractivity (Wildman–Crippen MR) is 66.0 cm³/mol. The molecular weight excluding hydrogens is 254 g/mol. The highest BCUT2D eigenvalue weighted by Crippen LogP contribution is 2.16. The van der Waals surface area contributed by atoms with E-state index in [-0.39, 0.29) is 5.88 Å². The van der Waals surface area contributed by atoms with Crippen LogP contribution in [0.1, 0.15) is 10.4 Å². The zero-order valence-corrected chi connectivity index (χ0v) is 10.3. The summed E-state index contributed by atoms with van der Waals surface area (Å²) in [6, 6.07) is 10.7. The van der Waals surface area contributed by atoms with Gasteiger partial charge in [0.2, 0.25) is 5.88 Å². The maximum Gasteiger partial charge on any atom is 0.344 e. The Morgan fingerprint density at radius 2 is 2.28 bits per heavy atom. The van der Waals surface area contributed by atoms with Gasteiger partial charge in [0.05, 0.1) is 23.9 Å². The van der Waals surface area contributed by atoms with Gasteiger partial charge in [-0.05, 0) is 18.2 Å². The molecule has 0 atom stereocenters. The van der Waals surface area contributed by atoms with Gasteiger partial charge in [0.1, 0.15) is 5.75 Å². The zero-order chi connectivity index (χ0) is 13.0. The van der Waals surface area contributed by atoms with Crippen molar-refractivity contribution in [2.45, 2.75) is 0 Å². The highest BCUT2D eigenvalue weighted by Gasteiger charge is 2.10. The van der Waals surface area contributed by atoms with Crippen molar-refractivity contribution in [1.29, 1.82) is 0 Å². The first-order chi connectivity index (χ1) is 8.69. The molecule has 5 heteroatoms. The molecule has 1 aromatic carbocycles. The number of hydrogen-bond donors (Lipinski definition) is 0. The smallest absolute Gasteiger partial charge is 0.344 e. The molecule has 0 unspecified atom stereocenters. The van der Waals surface area contributed by atoms with Crippen LogP contribution in [0.5, 0.6) is 11.6 Å². The fourth-order valence-electron chi connectivity index (χ4n) is 1.29. The van der Waals surface area contributed by atoms with E-state index in [1.165, 1.54) is 19.4 Å². The second-order valence-corrected chi connectivity index (χ2v) is 3.76. The van der Waals surface area contributed by atoms with E-state index in [0.717, 1.165) is 0 Å². The van der Waals surface area contributed by atoms with E-state index >= 15 is 0 Å². The molecule has 0 spiro atoms. The summed E-state index contributed by atoms with van der Waals surface area (Å²) in [4.78, 5) is 15.7. The van der Waals surface area contributed by atoms with Crippen LogP contribution in [-0.4, -0.2) is 18.1 Å². The number of aromatic nitrogens is 1. The van der Waals surface area contributed by atoms with Crippen molar-refractivity contribution >= 4 is 17.6 Å². The summed E-state index contributed by atoms with van der Waals surface area (Å²) in [6.07, 6.45) is 1.36. The number of benzene rings is 1. The van der Waals surface area contributed by atoms with Crippen LogP contribution >= 0.6 is 11.6 Å². The third kappa shape index (κ3) is 2.99. The molecule has 1 aromatic heterocycles. The second kappa shape index (κ2) is 5.51. The minimum Gasteiger partial charge on any atom is -0.497 e. The molecule has 0 amide bonds. The molecule has 0 saturated carbocycles. The van der Waals surface area contributed by atoms with Crippen LogP contribution in [0, 0.1) is 6.07 Å². The van der Waals surface area contributed by atoms with Crippen molar-refractivity contribution in [3.05, 3.63) is 53.2 Å². The van der Waals surface area contributed by atoms with Crippen LogP contribution in [0.2, 0.25) is 5.02 Å². The third-order valence-corrected chi connectivity index (χ3v) is 2.35. The molecule has 0 fully saturated rings. The van der Waals surface area contributed by atoms with Gasteiger partial charge in [0.25, 0.3) is 0 Å². The Morgan fingerprint density at radius 3 is 2.94 bits per heavy atom. The molecule has 0 aliphatic heterocycles. The van der Waals surface area contributed by atoms with Crippen molar-refractivity contribution in [3.63, 3.8) is 0 Å². The number of halogens is 1. The largest absolute Gasteiger partial charge is 0.497 e. The minimum absolute atomic E-state index is 0.146. The molecule has 4 nitrogen and oxygen atoms in total. The van der Waals surface area contributed by atoms with Crippen LogP contribution in [0.4, 0.5) is 0 Å². The molecule has 1 radical (unpaired) electrons. The summed E-state index contributed by atoms with van der Waals surface area (Å²) in [5.74, 6) is 0.212. The first-order valence-corrected chi connectivity index (χ1v) is 5.46. The van der Waals surface area contributed by atoms with E-state index in [9.17, 15) is 4.79 Å². The number of nitrogens with zero attached hydrogens (tertiary/aromatic N) is 1. The molecule has 0 N–H and O–H groups in total. The molecular formula is C13H9ClNO3. The normalized spacial score (nSPS) is 9.89. The summed E-state index contributed by atoms with van der Waals surface area (Å²) in [5, 5.41) is 0.358. The van der Waals surface area contributed by atoms with E-state index in [1.54, 1.807) is 24.3 Å². The van der Waals surface area contributed by atoms with Crippen LogP contribution in [0.25, 0.3) is 0 Å². The highest BCUT2D eigenvalue weighted by molar-refractivity contribution is 6.30. The molecule has 0 aliphatic rings. The Labute approximate surface area is 109 Å². The van der Waals surface area contributed by atoms with Gasteiger partial charge < -0.3 is 9.47 Å². The number of hydrogen-bond acceptors (Lipinski definition) is 4. The van der Waals surface area contributed by atoms with E-state index in [0.29, 0.717) is 16.3 Å². The molecule has 0 aliphatic carbocycles. The lowest BCUT2D eigenvalue weighted by atomic mass is 10.2. The molecule has 0 bridgehead atoms. The number of carbonyl (C=O) groups is 1. The van der Waals surface area contributed by atoms with Crippen LogP contribution < -0.4 is 9.47 Å². The van der Waals surface area contributed by atoms with Gasteiger partial charge in [0, 0.05) is 12.1 Å². The highest BCUT2D eigenvalue weighted by atomic mass is 35.5. The lowest BCUT2D eigenvalue weighted by molar-refractivity contribution is 0.0727. The predicted octanol–water partition coefficient (Wildman–Crippen LogP) is 2.76. The molecule has 1 heterocycles. The van der Waals surface area contributed by atoms with Crippen molar-refractivity contribution < 1.29 is 14.3 Å². The Balaban J connectivity index is 2.14. The third-order valence-electron chi connectivity index (χ3n) is 2.14. The minimum atomic E-state index is -0.517. The van der Waals surface area contributed by atoms with E-state index in [4.69, 9.17) is 21.1 Å². The molecule has 2 aromatic rings. The maximum atomic E-state index is 11.8. The summed E-state index contributed by atoms with van der Waals surface area (Å²) in [6.45, 7) is 0.